The molecule has 0 bridgehead atoms. The Hall–Kier alpha value is -0.340. The van der Waals surface area contributed by atoms with Gasteiger partial charge in [0.25, 0.3) is 0 Å². The van der Waals surface area contributed by atoms with E-state index in [1.165, 1.54) is 18.4 Å². The van der Waals surface area contributed by atoms with Crippen molar-refractivity contribution >= 4 is 0 Å². The van der Waals surface area contributed by atoms with E-state index in [-0.39, 0.29) is 6.10 Å². The lowest BCUT2D eigenvalue weighted by atomic mass is 9.92. The van der Waals surface area contributed by atoms with Gasteiger partial charge in [-0.3, -0.25) is 0 Å². The summed E-state index contributed by atoms with van der Waals surface area (Å²) in [6, 6.07) is 0.837. The Morgan fingerprint density at radius 2 is 2.06 bits per heavy atom. The fraction of sp³-hybridized carbons (Fsp3) is 0.857. The normalized spacial score (nSPS) is 27.5. The molecule has 0 aromatic rings. The van der Waals surface area contributed by atoms with Crippen molar-refractivity contribution in [3.63, 3.8) is 0 Å². The zero-order valence-corrected chi connectivity index (χ0v) is 11.0. The van der Waals surface area contributed by atoms with Crippen molar-refractivity contribution in [3.05, 3.63) is 11.6 Å². The van der Waals surface area contributed by atoms with Crippen LogP contribution in [0.5, 0.6) is 0 Å². The van der Waals surface area contributed by atoms with Gasteiger partial charge < -0.3 is 10.4 Å². The molecule has 0 aromatic heterocycles. The van der Waals surface area contributed by atoms with Crippen LogP contribution in [0, 0.1) is 0 Å². The van der Waals surface area contributed by atoms with Crippen molar-refractivity contribution in [2.45, 2.75) is 77.5 Å². The SMILES string of the molecule is CC(C)=CCCC(C)NC1CCCCC1O. The summed E-state index contributed by atoms with van der Waals surface area (Å²) in [4.78, 5) is 0. The number of hydrogen-bond acceptors (Lipinski definition) is 2. The summed E-state index contributed by atoms with van der Waals surface area (Å²) in [7, 11) is 0. The third kappa shape index (κ3) is 5.13. The van der Waals surface area contributed by atoms with E-state index in [0.29, 0.717) is 12.1 Å². The smallest absolute Gasteiger partial charge is 0.0693 e. The van der Waals surface area contributed by atoms with Gasteiger partial charge in [0.2, 0.25) is 0 Å². The van der Waals surface area contributed by atoms with Crippen LogP contribution in [0.2, 0.25) is 0 Å². The van der Waals surface area contributed by atoms with Crippen LogP contribution in [-0.2, 0) is 0 Å². The summed E-state index contributed by atoms with van der Waals surface area (Å²) in [5.41, 5.74) is 1.39. The van der Waals surface area contributed by atoms with Crippen molar-refractivity contribution in [1.29, 1.82) is 0 Å². The molecule has 0 aliphatic heterocycles. The number of hydrogen-bond donors (Lipinski definition) is 2. The molecule has 1 fully saturated rings. The van der Waals surface area contributed by atoms with Gasteiger partial charge in [-0.2, -0.15) is 0 Å². The number of aliphatic hydroxyl groups is 1. The van der Waals surface area contributed by atoms with Gasteiger partial charge in [-0.15, -0.1) is 0 Å². The highest BCUT2D eigenvalue weighted by Gasteiger charge is 2.23. The Morgan fingerprint density at radius 3 is 2.69 bits per heavy atom. The second kappa shape index (κ2) is 7.08. The predicted molar refractivity (Wildman–Crippen MR) is 69.5 cm³/mol. The molecule has 3 unspecified atom stereocenters. The molecule has 2 heteroatoms. The van der Waals surface area contributed by atoms with Crippen LogP contribution in [0.1, 0.15) is 59.3 Å². The Bertz CT molecular complexity index is 221. The van der Waals surface area contributed by atoms with E-state index >= 15 is 0 Å². The summed E-state index contributed by atoms with van der Waals surface area (Å²) >= 11 is 0. The molecule has 94 valence electrons. The van der Waals surface area contributed by atoms with Crippen molar-refractivity contribution in [3.8, 4) is 0 Å². The average molecular weight is 225 g/mol. The highest BCUT2D eigenvalue weighted by Crippen LogP contribution is 2.19. The molecule has 3 atom stereocenters. The Labute approximate surface area is 100 Å². The lowest BCUT2D eigenvalue weighted by Gasteiger charge is -2.31. The second-order valence-electron chi connectivity index (χ2n) is 5.38. The Morgan fingerprint density at radius 1 is 1.38 bits per heavy atom. The standard InChI is InChI=1S/C14H27NO/c1-11(2)7-6-8-12(3)15-13-9-4-5-10-14(13)16/h7,12-16H,4-6,8-10H2,1-3H3. The monoisotopic (exact) mass is 225 g/mol. The number of aliphatic hydroxyl groups excluding tert-OH is 1. The molecule has 2 nitrogen and oxygen atoms in total. The molecule has 1 rings (SSSR count). The summed E-state index contributed by atoms with van der Waals surface area (Å²) in [6.45, 7) is 6.51. The highest BCUT2D eigenvalue weighted by atomic mass is 16.3. The van der Waals surface area contributed by atoms with Gasteiger partial charge >= 0.3 is 0 Å². The zero-order valence-electron chi connectivity index (χ0n) is 11.0. The molecular formula is C14H27NO. The first-order valence-electron chi connectivity index (χ1n) is 6.67. The minimum absolute atomic E-state index is 0.125. The summed E-state index contributed by atoms with van der Waals surface area (Å²) < 4.78 is 0. The molecule has 0 radical (unpaired) electrons. The fourth-order valence-corrected chi connectivity index (χ4v) is 2.38. The molecule has 0 amide bonds. The van der Waals surface area contributed by atoms with Gasteiger partial charge in [-0.05, 0) is 46.5 Å². The van der Waals surface area contributed by atoms with E-state index in [9.17, 15) is 5.11 Å². The van der Waals surface area contributed by atoms with Gasteiger partial charge in [-0.1, -0.05) is 24.5 Å². The second-order valence-corrected chi connectivity index (χ2v) is 5.38. The van der Waals surface area contributed by atoms with Crippen molar-refractivity contribution in [2.75, 3.05) is 0 Å². The molecule has 0 aromatic carbocycles. The van der Waals surface area contributed by atoms with Crippen LogP contribution < -0.4 is 5.32 Å². The lowest BCUT2D eigenvalue weighted by Crippen LogP contribution is -2.46. The molecule has 0 spiro atoms. The topological polar surface area (TPSA) is 32.3 Å². The lowest BCUT2D eigenvalue weighted by molar-refractivity contribution is 0.0854. The molecule has 16 heavy (non-hydrogen) atoms. The van der Waals surface area contributed by atoms with Crippen LogP contribution in [0.25, 0.3) is 0 Å². The summed E-state index contributed by atoms with van der Waals surface area (Å²) in [5.74, 6) is 0. The quantitative estimate of drug-likeness (QED) is 0.705. The Balaban J connectivity index is 2.22. The first-order valence-corrected chi connectivity index (χ1v) is 6.67. The average Bonchev–Trinajstić information content (AvgIpc) is 2.21. The molecule has 2 N–H and O–H groups in total. The maximum atomic E-state index is 9.86. The van der Waals surface area contributed by atoms with E-state index < -0.39 is 0 Å². The van der Waals surface area contributed by atoms with Gasteiger partial charge in [0.15, 0.2) is 0 Å². The van der Waals surface area contributed by atoms with E-state index in [2.05, 4.69) is 32.2 Å². The van der Waals surface area contributed by atoms with Gasteiger partial charge in [0.1, 0.15) is 0 Å². The van der Waals surface area contributed by atoms with Crippen molar-refractivity contribution in [2.24, 2.45) is 0 Å². The minimum atomic E-state index is -0.125. The Kier molecular flexibility index (Phi) is 6.07. The van der Waals surface area contributed by atoms with Crippen LogP contribution in [0.15, 0.2) is 11.6 Å². The highest BCUT2D eigenvalue weighted by molar-refractivity contribution is 4.93. The van der Waals surface area contributed by atoms with Gasteiger partial charge in [-0.25, -0.2) is 0 Å². The van der Waals surface area contributed by atoms with E-state index in [4.69, 9.17) is 0 Å². The van der Waals surface area contributed by atoms with Crippen molar-refractivity contribution < 1.29 is 5.11 Å². The largest absolute Gasteiger partial charge is 0.392 e. The van der Waals surface area contributed by atoms with Gasteiger partial charge in [0.05, 0.1) is 6.10 Å². The first-order chi connectivity index (χ1) is 7.59. The van der Waals surface area contributed by atoms with Crippen LogP contribution >= 0.6 is 0 Å². The molecule has 0 saturated heterocycles. The molecular weight excluding hydrogens is 198 g/mol. The summed E-state index contributed by atoms with van der Waals surface area (Å²) in [5, 5.41) is 13.4. The molecule has 1 aliphatic carbocycles. The van der Waals surface area contributed by atoms with Crippen molar-refractivity contribution in [1.82, 2.24) is 5.32 Å². The zero-order chi connectivity index (χ0) is 12.0. The molecule has 1 aliphatic rings. The first kappa shape index (κ1) is 13.7. The van der Waals surface area contributed by atoms with Crippen LogP contribution in [0.4, 0.5) is 0 Å². The van der Waals surface area contributed by atoms with Crippen LogP contribution in [0.3, 0.4) is 0 Å². The maximum Gasteiger partial charge on any atom is 0.0693 e. The molecule has 1 saturated carbocycles. The maximum absolute atomic E-state index is 9.86. The molecule has 0 heterocycles. The number of allylic oxidation sites excluding steroid dienone is 2. The van der Waals surface area contributed by atoms with E-state index in [1.54, 1.807) is 0 Å². The van der Waals surface area contributed by atoms with E-state index in [0.717, 1.165) is 25.7 Å². The fourth-order valence-electron chi connectivity index (χ4n) is 2.38. The van der Waals surface area contributed by atoms with Crippen LogP contribution in [-0.4, -0.2) is 23.3 Å². The van der Waals surface area contributed by atoms with Gasteiger partial charge in [0, 0.05) is 12.1 Å². The predicted octanol–water partition coefficient (Wildman–Crippen LogP) is 3.01. The third-order valence-electron chi connectivity index (χ3n) is 3.38. The van der Waals surface area contributed by atoms with E-state index in [1.807, 2.05) is 0 Å². The minimum Gasteiger partial charge on any atom is -0.392 e. The number of nitrogens with one attached hydrogen (secondary N) is 1. The third-order valence-corrected chi connectivity index (χ3v) is 3.38. The summed E-state index contributed by atoms with van der Waals surface area (Å²) in [6.07, 6.45) is 9.01. The number of rotatable bonds is 5.